The molecule has 2 N–H and O–H groups in total. The van der Waals surface area contributed by atoms with Gasteiger partial charge in [0, 0.05) is 17.8 Å². The summed E-state index contributed by atoms with van der Waals surface area (Å²) in [6.45, 7) is 2.03. The number of aromatic carboxylic acids is 1. The van der Waals surface area contributed by atoms with E-state index in [-0.39, 0.29) is 17.4 Å². The molecular weight excluding hydrogens is 318 g/mol. The van der Waals surface area contributed by atoms with E-state index in [1.807, 2.05) is 30.3 Å². The number of hydrogen-bond donors (Lipinski definition) is 2. The fourth-order valence-electron chi connectivity index (χ4n) is 3.00. The third-order valence-corrected chi connectivity index (χ3v) is 4.41. The number of amides is 1. The number of benzene rings is 1. The zero-order valence-electron chi connectivity index (χ0n) is 13.9. The van der Waals surface area contributed by atoms with Crippen molar-refractivity contribution in [3.63, 3.8) is 0 Å². The van der Waals surface area contributed by atoms with Crippen molar-refractivity contribution in [2.24, 2.45) is 5.92 Å². The Hall–Kier alpha value is -2.73. The first-order valence-electron chi connectivity index (χ1n) is 8.40. The number of rotatable bonds is 5. The molecule has 0 atom stereocenters. The summed E-state index contributed by atoms with van der Waals surface area (Å²) >= 11 is 0. The molecule has 0 radical (unpaired) electrons. The van der Waals surface area contributed by atoms with Crippen LogP contribution in [0.1, 0.15) is 28.9 Å². The Kier molecular flexibility index (Phi) is 5.40. The van der Waals surface area contributed by atoms with Crippen molar-refractivity contribution in [2.45, 2.75) is 19.4 Å². The van der Waals surface area contributed by atoms with E-state index in [1.165, 1.54) is 12.3 Å². The Balaban J connectivity index is 1.83. The van der Waals surface area contributed by atoms with Gasteiger partial charge in [-0.3, -0.25) is 9.78 Å². The fraction of sp³-hybridized carbons (Fsp3) is 0.316. The lowest BCUT2D eigenvalue weighted by Gasteiger charge is -2.29. The summed E-state index contributed by atoms with van der Waals surface area (Å²) in [5.41, 5.74) is 1.63. The van der Waals surface area contributed by atoms with Crippen LogP contribution in [0.3, 0.4) is 0 Å². The Morgan fingerprint density at radius 2 is 1.84 bits per heavy atom. The average molecular weight is 339 g/mol. The lowest BCUT2D eigenvalue weighted by molar-refractivity contribution is -0.123. The predicted octanol–water partition coefficient (Wildman–Crippen LogP) is 2.31. The number of anilines is 1. The maximum absolute atomic E-state index is 13.1. The molecule has 0 spiro atoms. The van der Waals surface area contributed by atoms with Crippen molar-refractivity contribution < 1.29 is 14.7 Å². The molecule has 0 bridgehead atoms. The quantitative estimate of drug-likeness (QED) is 0.873. The van der Waals surface area contributed by atoms with Crippen molar-refractivity contribution in [1.82, 2.24) is 10.3 Å². The lowest BCUT2D eigenvalue weighted by Crippen LogP contribution is -2.41. The van der Waals surface area contributed by atoms with E-state index in [9.17, 15) is 9.59 Å². The van der Waals surface area contributed by atoms with E-state index in [1.54, 1.807) is 11.0 Å². The zero-order chi connectivity index (χ0) is 17.6. The summed E-state index contributed by atoms with van der Waals surface area (Å²) < 4.78 is 0. The number of carboxylic acids is 1. The highest BCUT2D eigenvalue weighted by atomic mass is 16.4. The highest BCUT2D eigenvalue weighted by molar-refractivity contribution is 5.95. The van der Waals surface area contributed by atoms with E-state index >= 15 is 0 Å². The van der Waals surface area contributed by atoms with Gasteiger partial charge in [-0.1, -0.05) is 18.2 Å². The van der Waals surface area contributed by atoms with E-state index in [2.05, 4.69) is 10.3 Å². The molecule has 6 heteroatoms. The van der Waals surface area contributed by atoms with Gasteiger partial charge >= 0.3 is 5.97 Å². The molecule has 6 nitrogen and oxygen atoms in total. The third-order valence-electron chi connectivity index (χ3n) is 4.41. The summed E-state index contributed by atoms with van der Waals surface area (Å²) in [6, 6.07) is 12.7. The molecule has 1 aliphatic heterocycles. The fourth-order valence-corrected chi connectivity index (χ4v) is 3.00. The van der Waals surface area contributed by atoms with Crippen LogP contribution in [0.5, 0.6) is 0 Å². The van der Waals surface area contributed by atoms with Gasteiger partial charge in [0.25, 0.3) is 0 Å². The van der Waals surface area contributed by atoms with Crippen molar-refractivity contribution in [3.05, 3.63) is 59.9 Å². The molecule has 1 aromatic carbocycles. The number of carboxylic acid groups (broad SMARTS) is 1. The maximum atomic E-state index is 13.1. The molecule has 25 heavy (non-hydrogen) atoms. The number of hydrogen-bond acceptors (Lipinski definition) is 4. The Morgan fingerprint density at radius 3 is 2.44 bits per heavy atom. The molecule has 0 aliphatic carbocycles. The molecule has 1 aliphatic rings. The van der Waals surface area contributed by atoms with E-state index in [0.717, 1.165) is 31.6 Å². The number of piperidine rings is 1. The second-order valence-corrected chi connectivity index (χ2v) is 6.13. The van der Waals surface area contributed by atoms with Gasteiger partial charge < -0.3 is 15.3 Å². The minimum Gasteiger partial charge on any atom is -0.478 e. The summed E-state index contributed by atoms with van der Waals surface area (Å²) in [6.07, 6.45) is 2.98. The van der Waals surface area contributed by atoms with Gasteiger partial charge in [0.2, 0.25) is 5.91 Å². The zero-order valence-corrected chi connectivity index (χ0v) is 13.9. The van der Waals surface area contributed by atoms with E-state index in [0.29, 0.717) is 12.2 Å². The van der Waals surface area contributed by atoms with Gasteiger partial charge in [-0.2, -0.15) is 0 Å². The minimum absolute atomic E-state index is 0.000232. The van der Waals surface area contributed by atoms with Crippen LogP contribution < -0.4 is 10.2 Å². The molecule has 2 aromatic rings. The average Bonchev–Trinajstić information content (AvgIpc) is 2.67. The highest BCUT2D eigenvalue weighted by Crippen LogP contribution is 2.23. The van der Waals surface area contributed by atoms with Crippen LogP contribution in [0.2, 0.25) is 0 Å². The number of carbonyl (C=O) groups is 2. The van der Waals surface area contributed by atoms with Gasteiger partial charge in [-0.15, -0.1) is 0 Å². The van der Waals surface area contributed by atoms with Crippen molar-refractivity contribution in [2.75, 3.05) is 18.0 Å². The first kappa shape index (κ1) is 17.1. The first-order valence-corrected chi connectivity index (χ1v) is 8.40. The Labute approximate surface area is 146 Å². The largest absolute Gasteiger partial charge is 0.478 e. The molecular formula is C19H21N3O3. The van der Waals surface area contributed by atoms with E-state index < -0.39 is 5.97 Å². The number of nitrogens with zero attached hydrogens (tertiary/aromatic N) is 2. The van der Waals surface area contributed by atoms with E-state index in [4.69, 9.17) is 5.11 Å². The van der Waals surface area contributed by atoms with Crippen LogP contribution in [0.4, 0.5) is 5.69 Å². The minimum atomic E-state index is -1.01. The van der Waals surface area contributed by atoms with Gasteiger partial charge in [-0.05, 0) is 50.2 Å². The molecule has 0 unspecified atom stereocenters. The maximum Gasteiger partial charge on any atom is 0.337 e. The van der Waals surface area contributed by atoms with Crippen molar-refractivity contribution >= 4 is 17.6 Å². The van der Waals surface area contributed by atoms with Crippen molar-refractivity contribution in [3.8, 4) is 0 Å². The Morgan fingerprint density at radius 1 is 1.12 bits per heavy atom. The molecule has 2 heterocycles. The molecule has 0 saturated carbocycles. The van der Waals surface area contributed by atoms with Crippen LogP contribution in [0.25, 0.3) is 0 Å². The summed E-state index contributed by atoms with van der Waals surface area (Å²) in [7, 11) is 0. The third kappa shape index (κ3) is 4.22. The molecule has 1 aromatic heterocycles. The number of carbonyl (C=O) groups excluding carboxylic acids is 1. The van der Waals surface area contributed by atoms with Gasteiger partial charge in [0.15, 0.2) is 0 Å². The van der Waals surface area contributed by atoms with Crippen LogP contribution in [-0.4, -0.2) is 35.1 Å². The number of aromatic nitrogens is 1. The van der Waals surface area contributed by atoms with Gasteiger partial charge in [-0.25, -0.2) is 4.79 Å². The van der Waals surface area contributed by atoms with Crippen LogP contribution in [0, 0.1) is 5.92 Å². The smallest absolute Gasteiger partial charge is 0.337 e. The predicted molar refractivity (Wildman–Crippen MR) is 94.4 cm³/mol. The van der Waals surface area contributed by atoms with Gasteiger partial charge in [0.1, 0.15) is 0 Å². The number of pyridine rings is 1. The highest BCUT2D eigenvalue weighted by Gasteiger charge is 2.27. The van der Waals surface area contributed by atoms with Crippen LogP contribution in [-0.2, 0) is 11.3 Å². The summed E-state index contributed by atoms with van der Waals surface area (Å²) in [4.78, 5) is 30.0. The van der Waals surface area contributed by atoms with Gasteiger partial charge in [0.05, 0.1) is 17.8 Å². The second-order valence-electron chi connectivity index (χ2n) is 6.13. The number of nitrogens with one attached hydrogen (secondary N) is 1. The number of para-hydroxylation sites is 1. The lowest BCUT2D eigenvalue weighted by atomic mass is 9.96. The Bertz CT molecular complexity index is 725. The first-order chi connectivity index (χ1) is 12.1. The van der Waals surface area contributed by atoms with Crippen LogP contribution >= 0.6 is 0 Å². The monoisotopic (exact) mass is 339 g/mol. The molecule has 1 saturated heterocycles. The van der Waals surface area contributed by atoms with Crippen molar-refractivity contribution in [1.29, 1.82) is 0 Å². The summed E-state index contributed by atoms with van der Waals surface area (Å²) in [5, 5.41) is 12.3. The standard InChI is InChI=1S/C19H21N3O3/c23-18(14-8-10-20-11-9-14)22(17-4-2-1-3-5-17)13-16-7-6-15(12-21-16)19(24)25/h1-7,12,14,20H,8-11,13H2,(H,24,25). The molecule has 1 fully saturated rings. The molecule has 1 amide bonds. The summed E-state index contributed by atoms with van der Waals surface area (Å²) in [5.74, 6) is -0.915. The second kappa shape index (κ2) is 7.90. The molecule has 3 rings (SSSR count). The molecule has 130 valence electrons. The SMILES string of the molecule is O=C(O)c1ccc(CN(C(=O)C2CCNCC2)c2ccccc2)nc1. The van der Waals surface area contributed by atoms with Crippen LogP contribution in [0.15, 0.2) is 48.7 Å². The topological polar surface area (TPSA) is 82.5 Å². The normalized spacial score (nSPS) is 14.9.